The van der Waals surface area contributed by atoms with Crippen LogP contribution in [0.15, 0.2) is 65.3 Å². The molecule has 0 saturated carbocycles. The highest BCUT2D eigenvalue weighted by Gasteiger charge is 2.18. The van der Waals surface area contributed by atoms with Crippen LogP contribution in [0.2, 0.25) is 0 Å². The topological polar surface area (TPSA) is 152 Å². The first kappa shape index (κ1) is 24.5. The number of hydrogen-bond donors (Lipinski definition) is 2. The smallest absolute Gasteiger partial charge is 0.295 e. The minimum Gasteiger partial charge on any atom is -0.322 e. The van der Waals surface area contributed by atoms with Gasteiger partial charge in [-0.25, -0.2) is 16.8 Å². The highest BCUT2D eigenvalue weighted by atomic mass is 32.2. The number of amides is 1. The maximum Gasteiger partial charge on any atom is 0.295 e. The lowest BCUT2D eigenvalue weighted by atomic mass is 10.1. The summed E-state index contributed by atoms with van der Waals surface area (Å²) in [6.07, 6.45) is 0. The second-order valence-corrected chi connectivity index (χ2v) is 11.6. The summed E-state index contributed by atoms with van der Waals surface area (Å²) in [5.41, 5.74) is 0.266. The monoisotopic (exact) mass is 484 g/mol. The molecule has 2 N–H and O–H groups in total. The molecule has 0 aliphatic heterocycles. The van der Waals surface area contributed by atoms with Crippen molar-refractivity contribution in [3.05, 3.63) is 83.1 Å². The van der Waals surface area contributed by atoms with Gasteiger partial charge in [0.25, 0.3) is 16.0 Å². The van der Waals surface area contributed by atoms with E-state index in [1.54, 1.807) is 0 Å². The summed E-state index contributed by atoms with van der Waals surface area (Å²) < 4.78 is 79.2. The predicted molar refractivity (Wildman–Crippen MR) is 115 cm³/mol. The van der Waals surface area contributed by atoms with Gasteiger partial charge < -0.3 is 5.32 Å². The predicted octanol–water partition coefficient (Wildman–Crippen LogP) is 2.10. The van der Waals surface area contributed by atoms with Crippen LogP contribution in [0.1, 0.15) is 21.5 Å². The second-order valence-electron chi connectivity index (χ2n) is 6.31. The van der Waals surface area contributed by atoms with E-state index in [-0.39, 0.29) is 22.4 Å². The zero-order valence-electron chi connectivity index (χ0n) is 16.0. The van der Waals surface area contributed by atoms with Gasteiger partial charge in [-0.05, 0) is 29.3 Å². The number of hydrogen-bond acceptors (Lipinski definition) is 7. The summed E-state index contributed by atoms with van der Waals surface area (Å²) in [5, 5.41) is 3.97. The van der Waals surface area contributed by atoms with E-state index < -0.39 is 52.1 Å². The lowest BCUT2D eigenvalue weighted by Crippen LogP contribution is -2.15. The number of sulfone groups is 2. The Balaban J connectivity index is 2.49. The summed E-state index contributed by atoms with van der Waals surface area (Å²) in [6.45, 7) is 6.45. The SMILES string of the molecule is C=CS(=O)(=O)Cc1ccc(CS(=O)(=O)C=C)c(NC(=O)c2cc[c]c(S(=O)(=O)O)c2)c1. The van der Waals surface area contributed by atoms with Crippen LogP contribution in [0, 0.1) is 6.07 Å². The summed E-state index contributed by atoms with van der Waals surface area (Å²) in [7, 11) is -11.9. The van der Waals surface area contributed by atoms with Crippen LogP contribution in [0.3, 0.4) is 0 Å². The van der Waals surface area contributed by atoms with Gasteiger partial charge in [0.15, 0.2) is 19.7 Å². The Kier molecular flexibility index (Phi) is 7.21. The highest BCUT2D eigenvalue weighted by Crippen LogP contribution is 2.24. The van der Waals surface area contributed by atoms with E-state index >= 15 is 0 Å². The van der Waals surface area contributed by atoms with Crippen LogP contribution in [0.25, 0.3) is 0 Å². The average molecular weight is 485 g/mol. The molecule has 0 heterocycles. The van der Waals surface area contributed by atoms with Crippen LogP contribution in [0.5, 0.6) is 0 Å². The third kappa shape index (κ3) is 6.85. The maximum atomic E-state index is 12.6. The van der Waals surface area contributed by atoms with E-state index in [0.29, 0.717) is 0 Å². The molecule has 12 heteroatoms. The lowest BCUT2D eigenvalue weighted by molar-refractivity contribution is 0.102. The molecule has 0 atom stereocenters. The van der Waals surface area contributed by atoms with E-state index in [2.05, 4.69) is 24.5 Å². The number of rotatable bonds is 9. The second kappa shape index (κ2) is 9.14. The normalized spacial score (nSPS) is 12.2. The molecule has 0 aliphatic carbocycles. The largest absolute Gasteiger partial charge is 0.322 e. The Morgan fingerprint density at radius 1 is 0.968 bits per heavy atom. The van der Waals surface area contributed by atoms with Crippen molar-refractivity contribution in [3.63, 3.8) is 0 Å². The third-order valence-electron chi connectivity index (χ3n) is 3.97. The molecule has 0 saturated heterocycles. The molecule has 1 amide bonds. The molecule has 0 spiro atoms. The molecule has 0 aromatic heterocycles. The van der Waals surface area contributed by atoms with Gasteiger partial charge in [0.2, 0.25) is 0 Å². The number of anilines is 1. The Morgan fingerprint density at radius 3 is 2.16 bits per heavy atom. The molecule has 0 aliphatic rings. The zero-order chi connectivity index (χ0) is 23.4. The lowest BCUT2D eigenvalue weighted by Gasteiger charge is -2.13. The van der Waals surface area contributed by atoms with Crippen molar-refractivity contribution in [3.8, 4) is 0 Å². The van der Waals surface area contributed by atoms with Gasteiger partial charge >= 0.3 is 0 Å². The van der Waals surface area contributed by atoms with Gasteiger partial charge in [-0.1, -0.05) is 31.4 Å². The van der Waals surface area contributed by atoms with Crippen molar-refractivity contribution in [2.45, 2.75) is 16.4 Å². The summed E-state index contributed by atoms with van der Waals surface area (Å²) in [6, 6.07) is 9.56. The number of carbonyl (C=O) groups excluding carboxylic acids is 1. The molecular weight excluding hydrogens is 466 g/mol. The number of nitrogens with one attached hydrogen (secondary N) is 1. The fourth-order valence-electron chi connectivity index (χ4n) is 2.45. The molecule has 165 valence electrons. The molecule has 1 radical (unpaired) electrons. The zero-order valence-corrected chi connectivity index (χ0v) is 18.4. The van der Waals surface area contributed by atoms with Gasteiger partial charge in [0.1, 0.15) is 4.90 Å². The van der Waals surface area contributed by atoms with Crippen molar-refractivity contribution in [2.75, 3.05) is 5.32 Å². The minimum atomic E-state index is -4.60. The Bertz CT molecular complexity index is 1360. The molecule has 9 nitrogen and oxygen atoms in total. The van der Waals surface area contributed by atoms with E-state index in [9.17, 15) is 30.0 Å². The number of carbonyl (C=O) groups is 1. The summed E-state index contributed by atoms with van der Waals surface area (Å²) in [4.78, 5) is 12.0. The molecule has 2 aromatic rings. The van der Waals surface area contributed by atoms with Crippen molar-refractivity contribution in [1.82, 2.24) is 0 Å². The van der Waals surface area contributed by atoms with Crippen LogP contribution >= 0.6 is 0 Å². The molecule has 31 heavy (non-hydrogen) atoms. The van der Waals surface area contributed by atoms with Gasteiger partial charge in [-0.3, -0.25) is 9.35 Å². The first-order chi connectivity index (χ1) is 14.3. The maximum absolute atomic E-state index is 12.6. The van der Waals surface area contributed by atoms with Crippen molar-refractivity contribution >= 4 is 41.4 Å². The van der Waals surface area contributed by atoms with Crippen molar-refractivity contribution < 1.29 is 34.6 Å². The van der Waals surface area contributed by atoms with E-state index in [1.807, 2.05) is 0 Å². The van der Waals surface area contributed by atoms with Crippen LogP contribution in [-0.2, 0) is 41.3 Å². The highest BCUT2D eigenvalue weighted by molar-refractivity contribution is 7.93. The van der Waals surface area contributed by atoms with Crippen LogP contribution in [-0.4, -0.2) is 35.7 Å². The number of benzene rings is 2. The Labute approximate surface area is 180 Å². The Hall–Kier alpha value is -2.80. The third-order valence-corrected chi connectivity index (χ3v) is 7.23. The van der Waals surface area contributed by atoms with E-state index in [0.717, 1.165) is 22.9 Å². The van der Waals surface area contributed by atoms with E-state index in [4.69, 9.17) is 4.55 Å². The molecule has 0 fully saturated rings. The van der Waals surface area contributed by atoms with Crippen LogP contribution in [0.4, 0.5) is 5.69 Å². The first-order valence-corrected chi connectivity index (χ1v) is 13.3. The molecule has 2 aromatic carbocycles. The fraction of sp³-hybridized carbons (Fsp3) is 0.105. The summed E-state index contributed by atoms with van der Waals surface area (Å²) >= 11 is 0. The van der Waals surface area contributed by atoms with Gasteiger partial charge in [0.05, 0.1) is 11.5 Å². The van der Waals surface area contributed by atoms with Crippen molar-refractivity contribution in [1.29, 1.82) is 0 Å². The molecule has 2 rings (SSSR count). The minimum absolute atomic E-state index is 0.00780. The average Bonchev–Trinajstić information content (AvgIpc) is 2.69. The van der Waals surface area contributed by atoms with Gasteiger partial charge in [0, 0.05) is 28.1 Å². The van der Waals surface area contributed by atoms with Gasteiger partial charge in [-0.15, -0.1) is 0 Å². The van der Waals surface area contributed by atoms with E-state index in [1.165, 1.54) is 24.3 Å². The fourth-order valence-corrected chi connectivity index (χ4v) is 4.51. The van der Waals surface area contributed by atoms with Gasteiger partial charge in [-0.2, -0.15) is 8.42 Å². The van der Waals surface area contributed by atoms with Crippen LogP contribution < -0.4 is 5.32 Å². The summed E-state index contributed by atoms with van der Waals surface area (Å²) in [5.74, 6) is -1.76. The molecular formula is C19H18NO8S3. The van der Waals surface area contributed by atoms with Crippen molar-refractivity contribution in [2.24, 2.45) is 0 Å². The first-order valence-electron chi connectivity index (χ1n) is 8.39. The Morgan fingerprint density at radius 2 is 1.58 bits per heavy atom. The standard InChI is InChI=1S/C19H18NO8S3/c1-3-29(22,23)12-14-8-9-16(13-30(24,25)4-2)18(10-14)20-19(21)15-6-5-7-17(11-15)31(26,27)28/h3-6,8-11H,1-2,12-13H2,(H,20,21)(H,26,27,28). The molecule has 0 bridgehead atoms. The quantitative estimate of drug-likeness (QED) is 0.513. The molecule has 0 unspecified atom stereocenters.